The second-order valence-electron chi connectivity index (χ2n) is 7.64. The Morgan fingerprint density at radius 3 is 2.10 bits per heavy atom. The van der Waals surface area contributed by atoms with Crippen molar-refractivity contribution >= 4 is 41.0 Å². The molecule has 5 heteroatoms. The van der Waals surface area contributed by atoms with E-state index < -0.39 is 0 Å². The Kier molecular flexibility index (Phi) is 13.9. The van der Waals surface area contributed by atoms with Gasteiger partial charge in [-0.25, -0.2) is 9.96 Å². The number of hydrogen-bond donors (Lipinski definition) is 0. The van der Waals surface area contributed by atoms with Crippen LogP contribution >= 0.6 is 24.8 Å². The summed E-state index contributed by atoms with van der Waals surface area (Å²) in [6, 6.07) is 19.0. The third kappa shape index (κ3) is 8.89. The van der Waals surface area contributed by atoms with Crippen LogP contribution in [0.5, 0.6) is 0 Å². The Labute approximate surface area is 214 Å². The minimum absolute atomic E-state index is 0. The molecule has 0 heterocycles. The van der Waals surface area contributed by atoms with Crippen molar-refractivity contribution in [3.05, 3.63) is 89.3 Å². The summed E-state index contributed by atoms with van der Waals surface area (Å²) in [4.78, 5) is 0. The van der Waals surface area contributed by atoms with Gasteiger partial charge in [-0.1, -0.05) is 50.5 Å². The first kappa shape index (κ1) is 30.1. The molecule has 1 aliphatic carbocycles. The molecule has 4 rings (SSSR count). The maximum atomic E-state index is 13.2. The average Bonchev–Trinajstić information content (AvgIpc) is 3.19. The molecule has 0 amide bonds. The largest absolute Gasteiger partial charge is 0.207 e. The third-order valence-electron chi connectivity index (χ3n) is 5.05. The molecule has 0 spiro atoms. The zero-order chi connectivity index (χ0) is 21.6. The Balaban J connectivity index is 0.000000516. The first-order valence-corrected chi connectivity index (χ1v) is 16.1. The van der Waals surface area contributed by atoms with E-state index in [-0.39, 0.29) is 36.1 Å². The Morgan fingerprint density at radius 2 is 1.61 bits per heavy atom. The molecule has 0 saturated heterocycles. The molecular formula is C26H31Cl2FSiZr. The minimum Gasteiger partial charge on any atom is -0.207 e. The number of rotatable bonds is 1. The van der Waals surface area contributed by atoms with Crippen molar-refractivity contribution in [2.24, 2.45) is 5.92 Å². The zero-order valence-electron chi connectivity index (χ0n) is 19.0. The van der Waals surface area contributed by atoms with E-state index in [2.05, 4.69) is 65.1 Å². The van der Waals surface area contributed by atoms with Crippen LogP contribution < -0.4 is 0 Å². The molecule has 0 aromatic heterocycles. The number of allylic oxidation sites excluding steroid dienone is 4. The quantitative estimate of drug-likeness (QED) is 0.209. The summed E-state index contributed by atoms with van der Waals surface area (Å²) in [5.41, 5.74) is 6.48. The molecule has 0 aliphatic heterocycles. The van der Waals surface area contributed by atoms with E-state index in [9.17, 15) is 4.39 Å². The van der Waals surface area contributed by atoms with Gasteiger partial charge in [0.1, 0.15) is 5.82 Å². The van der Waals surface area contributed by atoms with Gasteiger partial charge in [-0.3, -0.25) is 6.08 Å². The predicted octanol–water partition coefficient (Wildman–Crippen LogP) is 8.71. The fourth-order valence-electron chi connectivity index (χ4n) is 3.22. The van der Waals surface area contributed by atoms with E-state index in [4.69, 9.17) is 0 Å². The molecule has 0 nitrogen and oxygen atoms in total. The standard InChI is InChI=1S/C15H10F.C9H13.C2H6Si.2ClH.Zr/c16-13-6-3-5-12(10-13)15-9-8-11-4-1-2-7-14(11)15;1-6-5-7(2)9(4)8(6)3;1-3-2;;;/h1-10H;6H,1-4H3;1-2H3;2*1H;/q2*-1;;;;+2. The van der Waals surface area contributed by atoms with Gasteiger partial charge in [0, 0.05) is 0 Å². The van der Waals surface area contributed by atoms with Crippen LogP contribution in [-0.4, -0.2) is 5.43 Å². The molecule has 3 aromatic carbocycles. The van der Waals surface area contributed by atoms with E-state index in [0.717, 1.165) is 11.1 Å². The fourth-order valence-corrected chi connectivity index (χ4v) is 3.22. The second-order valence-corrected chi connectivity index (χ2v) is 17.0. The normalized spacial score (nSPS) is 14.4. The average molecular weight is 553 g/mol. The van der Waals surface area contributed by atoms with Crippen molar-refractivity contribution in [1.29, 1.82) is 0 Å². The molecule has 1 unspecified atom stereocenters. The van der Waals surface area contributed by atoms with Crippen LogP contribution in [0.25, 0.3) is 21.9 Å². The SMILES string of the molecule is CC1=[C-]C(C)C(C)=C1C.C[Si](C)=[Zr+2].Cl.Cl.Fc1cccc(-c2c[cH-]c3ccccc23)c1. The molecule has 31 heavy (non-hydrogen) atoms. The maximum absolute atomic E-state index is 13.2. The van der Waals surface area contributed by atoms with E-state index in [1.807, 2.05) is 24.3 Å². The molecule has 3 aromatic rings. The van der Waals surface area contributed by atoms with Gasteiger partial charge in [0.05, 0.1) is 0 Å². The van der Waals surface area contributed by atoms with Gasteiger partial charge in [0.25, 0.3) is 0 Å². The van der Waals surface area contributed by atoms with Gasteiger partial charge in [-0.2, -0.15) is 11.1 Å². The summed E-state index contributed by atoms with van der Waals surface area (Å²) in [6.45, 7) is 13.3. The number of halogens is 3. The van der Waals surface area contributed by atoms with Crippen molar-refractivity contribution < 1.29 is 27.7 Å². The van der Waals surface area contributed by atoms with Crippen LogP contribution in [0.4, 0.5) is 4.39 Å². The minimum atomic E-state index is -0.192. The summed E-state index contributed by atoms with van der Waals surface area (Å²) in [7, 11) is 0. The second kappa shape index (κ2) is 14.3. The molecule has 0 saturated carbocycles. The molecular weight excluding hydrogens is 522 g/mol. The number of benzene rings is 2. The van der Waals surface area contributed by atoms with Gasteiger partial charge >= 0.3 is 41.9 Å². The van der Waals surface area contributed by atoms with Crippen molar-refractivity contribution in [3.8, 4) is 11.1 Å². The maximum Gasteiger partial charge on any atom is 0.122 e. The summed E-state index contributed by atoms with van der Waals surface area (Å²) in [6.07, 6.45) is 3.36. The molecule has 0 N–H and O–H groups in total. The Hall–Kier alpha value is -0.860. The summed E-state index contributed by atoms with van der Waals surface area (Å²) in [5, 5.41) is 2.37. The molecule has 0 radical (unpaired) electrons. The zero-order valence-corrected chi connectivity index (χ0v) is 24.1. The van der Waals surface area contributed by atoms with Gasteiger partial charge in [-0.05, 0) is 12.1 Å². The Morgan fingerprint density at radius 1 is 1.00 bits per heavy atom. The molecule has 0 fully saturated rings. The van der Waals surface area contributed by atoms with Gasteiger partial charge < -0.3 is 0 Å². The van der Waals surface area contributed by atoms with Crippen molar-refractivity contribution in [2.45, 2.75) is 40.8 Å². The van der Waals surface area contributed by atoms with Crippen LogP contribution in [0, 0.1) is 17.8 Å². The summed E-state index contributed by atoms with van der Waals surface area (Å²) in [5.74, 6) is 0.368. The first-order chi connectivity index (χ1) is 13.7. The van der Waals surface area contributed by atoms with Crippen molar-refractivity contribution in [2.75, 3.05) is 0 Å². The number of fused-ring (bicyclic) bond motifs is 1. The smallest absolute Gasteiger partial charge is 0.122 e. The fraction of sp³-hybridized carbons (Fsp3) is 0.269. The molecule has 1 atom stereocenters. The van der Waals surface area contributed by atoms with Crippen LogP contribution in [0.3, 0.4) is 0 Å². The summed E-state index contributed by atoms with van der Waals surface area (Å²) < 4.78 is 13.2. The molecule has 0 bridgehead atoms. The van der Waals surface area contributed by atoms with Crippen molar-refractivity contribution in [1.82, 2.24) is 0 Å². The predicted molar refractivity (Wildman–Crippen MR) is 137 cm³/mol. The van der Waals surface area contributed by atoms with Crippen LogP contribution in [-0.2, 0) is 23.3 Å². The van der Waals surface area contributed by atoms with Crippen molar-refractivity contribution in [3.63, 3.8) is 0 Å². The van der Waals surface area contributed by atoms with Crippen LogP contribution in [0.1, 0.15) is 27.7 Å². The van der Waals surface area contributed by atoms with Gasteiger partial charge in [-0.15, -0.1) is 78.4 Å². The topological polar surface area (TPSA) is 0 Å². The third-order valence-corrected chi connectivity index (χ3v) is 5.05. The van der Waals surface area contributed by atoms with E-state index in [1.54, 1.807) is 35.5 Å². The van der Waals surface area contributed by atoms with E-state index in [1.165, 1.54) is 33.6 Å². The first-order valence-electron chi connectivity index (χ1n) is 9.90. The monoisotopic (exact) mass is 550 g/mol. The summed E-state index contributed by atoms with van der Waals surface area (Å²) >= 11 is 1.74. The molecule has 1 aliphatic rings. The van der Waals surface area contributed by atoms with Gasteiger partial charge in [0.15, 0.2) is 0 Å². The van der Waals surface area contributed by atoms with E-state index in [0.29, 0.717) is 5.92 Å². The molecule has 164 valence electrons. The van der Waals surface area contributed by atoms with Crippen LogP contribution in [0.2, 0.25) is 13.1 Å². The van der Waals surface area contributed by atoms with Gasteiger partial charge in [0.2, 0.25) is 0 Å². The number of hydrogen-bond acceptors (Lipinski definition) is 0. The van der Waals surface area contributed by atoms with Crippen LogP contribution in [0.15, 0.2) is 77.4 Å². The Bertz CT molecular complexity index is 1060. The van der Waals surface area contributed by atoms with E-state index >= 15 is 0 Å².